The van der Waals surface area contributed by atoms with E-state index in [0.29, 0.717) is 18.3 Å². The van der Waals surface area contributed by atoms with Crippen LogP contribution in [-0.2, 0) is 20.6 Å². The molecule has 5 heteroatoms. The number of benzene rings is 1. The van der Waals surface area contributed by atoms with E-state index in [2.05, 4.69) is 36.4 Å². The average Bonchev–Trinajstić information content (AvgIpc) is 3.15. The normalized spacial score (nSPS) is 35.0. The van der Waals surface area contributed by atoms with Crippen LogP contribution in [0.25, 0.3) is 0 Å². The summed E-state index contributed by atoms with van der Waals surface area (Å²) in [6.07, 6.45) is 14.3. The average molecular weight is 459 g/mol. The van der Waals surface area contributed by atoms with Crippen LogP contribution in [0.3, 0.4) is 0 Å². The molecule has 1 aromatic carbocycles. The van der Waals surface area contributed by atoms with Crippen LogP contribution in [-0.4, -0.2) is 47.7 Å². The fourth-order valence-corrected chi connectivity index (χ4v) is 5.74. The zero-order valence-corrected chi connectivity index (χ0v) is 19.9. The van der Waals surface area contributed by atoms with Crippen LogP contribution >= 0.6 is 0 Å². The highest BCUT2D eigenvalue weighted by molar-refractivity contribution is 5.14. The maximum absolute atomic E-state index is 10.7. The number of aliphatic hydroxyl groups is 2. The molecule has 7 atom stereocenters. The highest BCUT2D eigenvalue weighted by Crippen LogP contribution is 2.43. The summed E-state index contributed by atoms with van der Waals surface area (Å²) in [6, 6.07) is 10.4. The van der Waals surface area contributed by atoms with Crippen molar-refractivity contribution in [2.75, 3.05) is 6.61 Å². The van der Waals surface area contributed by atoms with Gasteiger partial charge >= 0.3 is 0 Å². The van der Waals surface area contributed by atoms with E-state index >= 15 is 0 Å². The first-order valence-electron chi connectivity index (χ1n) is 13.2. The summed E-state index contributed by atoms with van der Waals surface area (Å²) in [5.41, 5.74) is 1.27. The summed E-state index contributed by atoms with van der Waals surface area (Å²) < 4.78 is 18.5. The van der Waals surface area contributed by atoms with Gasteiger partial charge in [-0.2, -0.15) is 0 Å². The number of hydrogen-bond acceptors (Lipinski definition) is 5. The Kier molecular flexibility index (Phi) is 9.81. The van der Waals surface area contributed by atoms with Gasteiger partial charge in [0.1, 0.15) is 0 Å². The van der Waals surface area contributed by atoms with Crippen molar-refractivity contribution in [2.24, 2.45) is 11.8 Å². The molecule has 33 heavy (non-hydrogen) atoms. The number of rotatable bonds is 8. The molecule has 184 valence electrons. The predicted octanol–water partition coefficient (Wildman–Crippen LogP) is 5.14. The molecule has 2 N–H and O–H groups in total. The maximum atomic E-state index is 10.7. The third-order valence-corrected chi connectivity index (χ3v) is 7.61. The number of aryl methyl sites for hydroxylation is 1. The summed E-state index contributed by atoms with van der Waals surface area (Å²) in [4.78, 5) is 0. The van der Waals surface area contributed by atoms with Crippen molar-refractivity contribution in [2.45, 2.75) is 108 Å². The molecule has 0 radical (unpaired) electrons. The standard InChI is InChI=1S/C28H42O5/c29-22(16-15-21-10-4-3-5-11-21)17-18-24-23-12-6-1-2-7-13-27(30)32-25(23)20-26(24)33-28-14-8-9-19-31-28/h1,3-6,10-11,22-30H,2,7-9,12-20H2/b6-1-/t22-,23+,24+,25-,26+,27?,28?/m0/s1. The molecule has 1 aliphatic carbocycles. The largest absolute Gasteiger partial charge is 0.393 e. The second-order valence-corrected chi connectivity index (χ2v) is 10.1. The predicted molar refractivity (Wildman–Crippen MR) is 129 cm³/mol. The van der Waals surface area contributed by atoms with Gasteiger partial charge in [0.05, 0.1) is 18.3 Å². The van der Waals surface area contributed by atoms with Crippen LogP contribution < -0.4 is 0 Å². The van der Waals surface area contributed by atoms with Gasteiger partial charge in [0.2, 0.25) is 0 Å². The first-order chi connectivity index (χ1) is 16.2. The molecule has 3 aliphatic rings. The molecule has 5 nitrogen and oxygen atoms in total. The lowest BCUT2D eigenvalue weighted by molar-refractivity contribution is -0.198. The van der Waals surface area contributed by atoms with E-state index < -0.39 is 6.29 Å². The SMILES string of the molecule is OC1CCC/C=C\C[C@@H]2[C@@H](CC[C@@H](O)CCc3ccccc3)[C@H](OC3CCCCO3)C[C@@H]2O1. The summed E-state index contributed by atoms with van der Waals surface area (Å²) in [7, 11) is 0. The van der Waals surface area contributed by atoms with E-state index in [0.717, 1.165) is 77.2 Å². The summed E-state index contributed by atoms with van der Waals surface area (Å²) >= 11 is 0. The van der Waals surface area contributed by atoms with E-state index in [1.54, 1.807) is 0 Å². The molecule has 1 saturated carbocycles. The zero-order chi connectivity index (χ0) is 22.9. The van der Waals surface area contributed by atoms with Gasteiger partial charge in [-0.1, -0.05) is 42.5 Å². The molecule has 4 rings (SSSR count). The van der Waals surface area contributed by atoms with E-state index in [-0.39, 0.29) is 24.6 Å². The van der Waals surface area contributed by atoms with Gasteiger partial charge in [-0.3, -0.25) is 0 Å². The molecule has 1 aromatic rings. The lowest BCUT2D eigenvalue weighted by Gasteiger charge is -2.31. The van der Waals surface area contributed by atoms with Gasteiger partial charge in [0.15, 0.2) is 12.6 Å². The first-order valence-corrected chi connectivity index (χ1v) is 13.2. The van der Waals surface area contributed by atoms with Crippen LogP contribution in [0.15, 0.2) is 42.5 Å². The fraction of sp³-hybridized carbons (Fsp3) is 0.714. The van der Waals surface area contributed by atoms with Crippen LogP contribution in [0.4, 0.5) is 0 Å². The highest BCUT2D eigenvalue weighted by Gasteiger charge is 2.45. The lowest BCUT2D eigenvalue weighted by atomic mass is 9.85. The Morgan fingerprint density at radius 2 is 1.91 bits per heavy atom. The van der Waals surface area contributed by atoms with Gasteiger partial charge in [0.25, 0.3) is 0 Å². The first kappa shape index (κ1) is 24.9. The third kappa shape index (κ3) is 7.63. The second kappa shape index (κ2) is 13.0. The Balaban J connectivity index is 1.39. The van der Waals surface area contributed by atoms with E-state index in [1.165, 1.54) is 5.56 Å². The number of aliphatic hydroxyl groups excluding tert-OH is 2. The Hall–Kier alpha value is -1.24. The number of fused-ring (bicyclic) bond motifs is 1. The topological polar surface area (TPSA) is 68.2 Å². The molecule has 1 saturated heterocycles. The van der Waals surface area contributed by atoms with Crippen LogP contribution in [0.5, 0.6) is 0 Å². The van der Waals surface area contributed by atoms with Crippen LogP contribution in [0, 0.1) is 11.8 Å². The van der Waals surface area contributed by atoms with Gasteiger partial charge in [-0.25, -0.2) is 0 Å². The van der Waals surface area contributed by atoms with Gasteiger partial charge < -0.3 is 24.4 Å². The zero-order valence-electron chi connectivity index (χ0n) is 19.9. The number of hydrogen-bond donors (Lipinski definition) is 2. The minimum absolute atomic E-state index is 0.0113. The number of allylic oxidation sites excluding steroid dienone is 2. The molecule has 0 aromatic heterocycles. The van der Waals surface area contributed by atoms with E-state index in [1.807, 2.05) is 6.07 Å². The molecule has 2 unspecified atom stereocenters. The molecule has 0 spiro atoms. The maximum Gasteiger partial charge on any atom is 0.157 e. The van der Waals surface area contributed by atoms with Crippen LogP contribution in [0.1, 0.15) is 76.2 Å². The van der Waals surface area contributed by atoms with Crippen molar-refractivity contribution in [3.8, 4) is 0 Å². The Labute approximate surface area is 199 Å². The Morgan fingerprint density at radius 3 is 2.73 bits per heavy atom. The van der Waals surface area contributed by atoms with Crippen molar-refractivity contribution in [1.82, 2.24) is 0 Å². The quantitative estimate of drug-likeness (QED) is 0.528. The smallest absolute Gasteiger partial charge is 0.157 e. The van der Waals surface area contributed by atoms with E-state index in [4.69, 9.17) is 14.2 Å². The van der Waals surface area contributed by atoms with Crippen molar-refractivity contribution < 1.29 is 24.4 Å². The molecular formula is C28H42O5. The van der Waals surface area contributed by atoms with Gasteiger partial charge in [-0.15, -0.1) is 0 Å². The van der Waals surface area contributed by atoms with E-state index in [9.17, 15) is 10.2 Å². The molecule has 2 heterocycles. The summed E-state index contributed by atoms with van der Waals surface area (Å²) in [5.74, 6) is 0.590. The number of ether oxygens (including phenoxy) is 3. The lowest BCUT2D eigenvalue weighted by Crippen LogP contribution is -2.32. The molecule has 0 bridgehead atoms. The summed E-state index contributed by atoms with van der Waals surface area (Å²) in [6.45, 7) is 0.769. The van der Waals surface area contributed by atoms with Crippen molar-refractivity contribution in [3.05, 3.63) is 48.0 Å². The monoisotopic (exact) mass is 458 g/mol. The molecule has 2 aliphatic heterocycles. The molecule has 0 amide bonds. The molecular weight excluding hydrogens is 416 g/mol. The minimum atomic E-state index is -0.703. The summed E-state index contributed by atoms with van der Waals surface area (Å²) in [5, 5.41) is 21.2. The Morgan fingerprint density at radius 1 is 1.03 bits per heavy atom. The van der Waals surface area contributed by atoms with Crippen molar-refractivity contribution >= 4 is 0 Å². The van der Waals surface area contributed by atoms with Gasteiger partial charge in [0, 0.05) is 13.0 Å². The van der Waals surface area contributed by atoms with Gasteiger partial charge in [-0.05, 0) is 88.0 Å². The third-order valence-electron chi connectivity index (χ3n) is 7.61. The minimum Gasteiger partial charge on any atom is -0.393 e. The van der Waals surface area contributed by atoms with Crippen molar-refractivity contribution in [3.63, 3.8) is 0 Å². The molecule has 2 fully saturated rings. The Bertz CT molecular complexity index is 701. The second-order valence-electron chi connectivity index (χ2n) is 10.1. The highest BCUT2D eigenvalue weighted by atomic mass is 16.7. The van der Waals surface area contributed by atoms with Crippen LogP contribution in [0.2, 0.25) is 0 Å². The van der Waals surface area contributed by atoms with Crippen molar-refractivity contribution in [1.29, 1.82) is 0 Å². The fourth-order valence-electron chi connectivity index (χ4n) is 5.74.